The lowest BCUT2D eigenvalue weighted by atomic mass is 10.1. The van der Waals surface area contributed by atoms with Gasteiger partial charge in [0.05, 0.1) is 17.1 Å². The Kier molecular flexibility index (Phi) is 4.81. The highest BCUT2D eigenvalue weighted by Crippen LogP contribution is 2.17. The SMILES string of the molecule is CCn1nnc(NC(=S)NC(=O)c2ccc(C)cc2Cl)n1. The largest absolute Gasteiger partial charge is 0.299 e. The van der Waals surface area contributed by atoms with Crippen molar-refractivity contribution in [3.63, 3.8) is 0 Å². The molecule has 0 fully saturated rings. The minimum Gasteiger partial charge on any atom is -0.299 e. The van der Waals surface area contributed by atoms with E-state index in [0.717, 1.165) is 5.56 Å². The van der Waals surface area contributed by atoms with Crippen LogP contribution in [0, 0.1) is 6.92 Å². The lowest BCUT2D eigenvalue weighted by Gasteiger charge is -2.08. The number of aromatic nitrogens is 4. The Morgan fingerprint density at radius 2 is 2.24 bits per heavy atom. The lowest BCUT2D eigenvalue weighted by Crippen LogP contribution is -2.34. The normalized spacial score (nSPS) is 10.2. The van der Waals surface area contributed by atoms with Gasteiger partial charge in [0.2, 0.25) is 0 Å². The van der Waals surface area contributed by atoms with Gasteiger partial charge in [0.1, 0.15) is 0 Å². The van der Waals surface area contributed by atoms with Gasteiger partial charge in [0.25, 0.3) is 11.9 Å². The number of carbonyl (C=O) groups excluding carboxylic acids is 1. The summed E-state index contributed by atoms with van der Waals surface area (Å²) in [5, 5.41) is 17.1. The van der Waals surface area contributed by atoms with Crippen LogP contribution in [-0.2, 0) is 6.54 Å². The molecule has 0 spiro atoms. The van der Waals surface area contributed by atoms with Gasteiger partial charge in [-0.2, -0.15) is 4.80 Å². The highest BCUT2D eigenvalue weighted by molar-refractivity contribution is 7.80. The van der Waals surface area contributed by atoms with E-state index < -0.39 is 5.91 Å². The first-order valence-corrected chi connectivity index (χ1v) is 6.94. The molecule has 1 heterocycles. The van der Waals surface area contributed by atoms with Gasteiger partial charge in [0.15, 0.2) is 5.11 Å². The molecule has 2 N–H and O–H groups in total. The molecule has 0 atom stereocenters. The number of aryl methyl sites for hydroxylation is 2. The Balaban J connectivity index is 2.00. The van der Waals surface area contributed by atoms with E-state index in [0.29, 0.717) is 17.1 Å². The number of amides is 1. The van der Waals surface area contributed by atoms with Gasteiger partial charge in [0, 0.05) is 0 Å². The number of nitrogens with one attached hydrogen (secondary N) is 2. The van der Waals surface area contributed by atoms with E-state index in [2.05, 4.69) is 26.0 Å². The summed E-state index contributed by atoms with van der Waals surface area (Å²) >= 11 is 11.1. The molecule has 0 saturated heterocycles. The third kappa shape index (κ3) is 3.96. The van der Waals surface area contributed by atoms with Crippen LogP contribution in [0.1, 0.15) is 22.8 Å². The van der Waals surface area contributed by atoms with Crippen molar-refractivity contribution in [1.82, 2.24) is 25.5 Å². The van der Waals surface area contributed by atoms with Crippen LogP contribution in [0.5, 0.6) is 0 Å². The monoisotopic (exact) mass is 324 g/mol. The van der Waals surface area contributed by atoms with Crippen LogP contribution in [0.2, 0.25) is 5.02 Å². The maximum Gasteiger partial charge on any atom is 0.269 e. The van der Waals surface area contributed by atoms with Crippen molar-refractivity contribution in [3.8, 4) is 0 Å². The lowest BCUT2D eigenvalue weighted by molar-refractivity contribution is 0.0978. The molecule has 1 aromatic heterocycles. The average molecular weight is 325 g/mol. The molecule has 0 bridgehead atoms. The topological polar surface area (TPSA) is 84.7 Å². The summed E-state index contributed by atoms with van der Waals surface area (Å²) in [6.45, 7) is 4.36. The highest BCUT2D eigenvalue weighted by Gasteiger charge is 2.13. The first-order valence-electron chi connectivity index (χ1n) is 6.16. The van der Waals surface area contributed by atoms with E-state index in [1.807, 2.05) is 13.8 Å². The number of hydrogen-bond acceptors (Lipinski definition) is 5. The molecule has 0 unspecified atom stereocenters. The quantitative estimate of drug-likeness (QED) is 0.837. The molecular weight excluding hydrogens is 312 g/mol. The van der Waals surface area contributed by atoms with E-state index in [4.69, 9.17) is 23.8 Å². The molecule has 21 heavy (non-hydrogen) atoms. The van der Waals surface area contributed by atoms with Gasteiger partial charge in [-0.05, 0) is 49.0 Å². The molecule has 0 aliphatic carbocycles. The fourth-order valence-electron chi connectivity index (χ4n) is 1.53. The standard InChI is InChI=1S/C12H13ClN6OS/c1-3-19-17-11(16-18-19)15-12(21)14-10(20)8-5-4-7(2)6-9(8)13/h4-6H,3H2,1-2H3,(H2,14,15,17,20,21). The second-order valence-corrected chi connectivity index (χ2v) is 5.01. The number of nitrogens with zero attached hydrogens (tertiary/aromatic N) is 4. The average Bonchev–Trinajstić information content (AvgIpc) is 2.85. The summed E-state index contributed by atoms with van der Waals surface area (Å²) in [7, 11) is 0. The van der Waals surface area contributed by atoms with Gasteiger partial charge in [-0.3, -0.25) is 15.4 Å². The smallest absolute Gasteiger partial charge is 0.269 e. The Labute approximate surface area is 131 Å². The Bertz CT molecular complexity index is 686. The number of anilines is 1. The number of halogens is 1. The molecule has 110 valence electrons. The molecule has 9 heteroatoms. The predicted octanol–water partition coefficient (Wildman–Crippen LogP) is 1.78. The van der Waals surface area contributed by atoms with E-state index >= 15 is 0 Å². The van der Waals surface area contributed by atoms with Gasteiger partial charge in [-0.1, -0.05) is 22.8 Å². The molecule has 0 aliphatic rings. The predicted molar refractivity (Wildman–Crippen MR) is 83.4 cm³/mol. The minimum atomic E-state index is -0.402. The van der Waals surface area contributed by atoms with Crippen LogP contribution in [0.15, 0.2) is 18.2 Å². The van der Waals surface area contributed by atoms with Crippen molar-refractivity contribution >= 4 is 40.8 Å². The van der Waals surface area contributed by atoms with Crippen molar-refractivity contribution < 1.29 is 4.79 Å². The number of carbonyl (C=O) groups is 1. The zero-order chi connectivity index (χ0) is 15.4. The molecule has 0 saturated carbocycles. The highest BCUT2D eigenvalue weighted by atomic mass is 35.5. The minimum absolute atomic E-state index is 0.0762. The van der Waals surface area contributed by atoms with E-state index in [-0.39, 0.29) is 11.1 Å². The molecule has 2 aromatic rings. The molecule has 0 radical (unpaired) electrons. The number of thiocarbonyl (C=S) groups is 1. The number of benzene rings is 1. The third-order valence-electron chi connectivity index (χ3n) is 2.56. The van der Waals surface area contributed by atoms with E-state index in [1.165, 1.54) is 4.80 Å². The first kappa shape index (κ1) is 15.3. The second-order valence-electron chi connectivity index (χ2n) is 4.19. The first-order chi connectivity index (χ1) is 9.99. The van der Waals surface area contributed by atoms with Gasteiger partial charge in [-0.25, -0.2) is 0 Å². The van der Waals surface area contributed by atoms with Crippen molar-refractivity contribution in [2.24, 2.45) is 0 Å². The summed E-state index contributed by atoms with van der Waals surface area (Å²) in [4.78, 5) is 13.4. The van der Waals surface area contributed by atoms with Crippen LogP contribution >= 0.6 is 23.8 Å². The summed E-state index contributed by atoms with van der Waals surface area (Å²) in [6, 6.07) is 5.15. The number of tetrazole rings is 1. The fraction of sp³-hybridized carbons (Fsp3) is 0.250. The van der Waals surface area contributed by atoms with Crippen LogP contribution < -0.4 is 10.6 Å². The van der Waals surface area contributed by atoms with Gasteiger partial charge < -0.3 is 0 Å². The molecular formula is C12H13ClN6OS. The summed E-state index contributed by atoms with van der Waals surface area (Å²) in [5.74, 6) is -0.183. The Morgan fingerprint density at radius 1 is 1.48 bits per heavy atom. The van der Waals surface area contributed by atoms with Crippen LogP contribution in [0.25, 0.3) is 0 Å². The summed E-state index contributed by atoms with van der Waals surface area (Å²) < 4.78 is 0. The summed E-state index contributed by atoms with van der Waals surface area (Å²) in [6.07, 6.45) is 0. The van der Waals surface area contributed by atoms with Crippen molar-refractivity contribution in [3.05, 3.63) is 34.3 Å². The maximum absolute atomic E-state index is 12.1. The van der Waals surface area contributed by atoms with Crippen molar-refractivity contribution in [2.75, 3.05) is 5.32 Å². The zero-order valence-corrected chi connectivity index (χ0v) is 13.0. The molecule has 0 aliphatic heterocycles. The third-order valence-corrected chi connectivity index (χ3v) is 3.07. The van der Waals surface area contributed by atoms with Crippen LogP contribution in [-0.4, -0.2) is 31.2 Å². The van der Waals surface area contributed by atoms with Gasteiger partial charge >= 0.3 is 0 Å². The molecule has 1 aromatic carbocycles. The van der Waals surface area contributed by atoms with Crippen LogP contribution in [0.3, 0.4) is 0 Å². The molecule has 1 amide bonds. The fourth-order valence-corrected chi connectivity index (χ4v) is 2.04. The van der Waals surface area contributed by atoms with E-state index in [9.17, 15) is 4.79 Å². The van der Waals surface area contributed by atoms with Gasteiger partial charge in [-0.15, -0.1) is 5.10 Å². The van der Waals surface area contributed by atoms with Crippen LogP contribution in [0.4, 0.5) is 5.95 Å². The number of hydrogen-bond donors (Lipinski definition) is 2. The Morgan fingerprint density at radius 3 is 2.86 bits per heavy atom. The number of rotatable bonds is 3. The van der Waals surface area contributed by atoms with Crippen molar-refractivity contribution in [2.45, 2.75) is 20.4 Å². The van der Waals surface area contributed by atoms with Crippen molar-refractivity contribution in [1.29, 1.82) is 0 Å². The maximum atomic E-state index is 12.1. The molecule has 7 nitrogen and oxygen atoms in total. The molecule has 2 rings (SSSR count). The zero-order valence-electron chi connectivity index (χ0n) is 11.4. The summed E-state index contributed by atoms with van der Waals surface area (Å²) in [5.41, 5.74) is 1.31. The van der Waals surface area contributed by atoms with E-state index in [1.54, 1.807) is 18.2 Å². The Hall–Kier alpha value is -2.06. The second kappa shape index (κ2) is 6.59.